The molecule has 4 N–H and O–H groups in total. The summed E-state index contributed by atoms with van der Waals surface area (Å²) in [6, 6.07) is -1.52. The number of phosphoric ester groups is 1. The van der Waals surface area contributed by atoms with Gasteiger partial charge in [-0.15, -0.1) is 0 Å². The van der Waals surface area contributed by atoms with Crippen LogP contribution in [0.4, 0.5) is 0 Å². The Morgan fingerprint density at radius 1 is 0.508 bits per heavy atom. The van der Waals surface area contributed by atoms with Crippen LogP contribution in [0.2, 0.25) is 0 Å². The van der Waals surface area contributed by atoms with E-state index >= 15 is 0 Å². The summed E-state index contributed by atoms with van der Waals surface area (Å²) < 4.78 is 32.8. The molecule has 0 aliphatic heterocycles. The molecular weight excluding hydrogens is 794 g/mol. The van der Waals surface area contributed by atoms with E-state index in [0.29, 0.717) is 12.8 Å². The smallest absolute Gasteiger partial charge is 0.472 e. The van der Waals surface area contributed by atoms with Gasteiger partial charge >= 0.3 is 25.7 Å². The Hall–Kier alpha value is -2.04. The van der Waals surface area contributed by atoms with E-state index in [-0.39, 0.29) is 19.4 Å². The van der Waals surface area contributed by atoms with Gasteiger partial charge in [0.05, 0.1) is 13.2 Å². The van der Waals surface area contributed by atoms with E-state index in [9.17, 15) is 23.8 Å². The van der Waals surface area contributed by atoms with Crippen molar-refractivity contribution in [2.45, 2.75) is 251 Å². The number of unbranched alkanes of at least 4 members (excludes halogenated alkanes) is 30. The molecule has 0 saturated heterocycles. The number of allylic oxidation sites excluding steroid dienone is 4. The molecule has 0 bridgehead atoms. The second kappa shape index (κ2) is 44.6. The SMILES string of the molecule is CCCCCC/C=C/C=C/CCCCCCCC(=O)O[C@@H](COC(=O)CCCCCCCCCCCCCCCCCCCCCCCC)COP(=O)(O)OC[C@@H](N)C(=O)O. The Morgan fingerprint density at radius 2 is 0.852 bits per heavy atom. The number of carboxylic acids is 1. The van der Waals surface area contributed by atoms with E-state index in [1.54, 1.807) is 0 Å². The van der Waals surface area contributed by atoms with Crippen molar-refractivity contribution in [1.82, 2.24) is 0 Å². The lowest BCUT2D eigenvalue weighted by Crippen LogP contribution is -2.34. The van der Waals surface area contributed by atoms with Crippen LogP contribution < -0.4 is 5.73 Å². The highest BCUT2D eigenvalue weighted by atomic mass is 31.2. The Labute approximate surface area is 372 Å². The molecule has 0 aliphatic carbocycles. The lowest BCUT2D eigenvalue weighted by Gasteiger charge is -2.20. The number of carbonyl (C=O) groups excluding carboxylic acids is 2. The van der Waals surface area contributed by atoms with Crippen molar-refractivity contribution in [1.29, 1.82) is 0 Å². The van der Waals surface area contributed by atoms with Gasteiger partial charge in [0, 0.05) is 12.8 Å². The summed E-state index contributed by atoms with van der Waals surface area (Å²) in [6.07, 6.45) is 48.2. The second-order valence-electron chi connectivity index (χ2n) is 17.0. The normalized spacial score (nSPS) is 13.8. The van der Waals surface area contributed by atoms with Gasteiger partial charge in [0.15, 0.2) is 6.10 Å². The summed E-state index contributed by atoms with van der Waals surface area (Å²) in [5, 5.41) is 8.91. The maximum absolute atomic E-state index is 12.6. The van der Waals surface area contributed by atoms with Crippen LogP contribution in [0.25, 0.3) is 0 Å². The fraction of sp³-hybridized carbons (Fsp3) is 0.857. The molecule has 0 aliphatic rings. The second-order valence-corrected chi connectivity index (χ2v) is 18.4. The highest BCUT2D eigenvalue weighted by Crippen LogP contribution is 2.43. The molecule has 0 spiro atoms. The molecule has 11 nitrogen and oxygen atoms in total. The molecule has 61 heavy (non-hydrogen) atoms. The zero-order valence-electron chi connectivity index (χ0n) is 39.0. The zero-order valence-corrected chi connectivity index (χ0v) is 39.9. The molecule has 0 radical (unpaired) electrons. The van der Waals surface area contributed by atoms with E-state index < -0.39 is 51.1 Å². The van der Waals surface area contributed by atoms with E-state index in [4.69, 9.17) is 24.8 Å². The fourth-order valence-corrected chi connectivity index (χ4v) is 7.84. The molecule has 3 atom stereocenters. The van der Waals surface area contributed by atoms with Crippen LogP contribution >= 0.6 is 7.82 Å². The lowest BCUT2D eigenvalue weighted by atomic mass is 10.0. The third-order valence-electron chi connectivity index (χ3n) is 11.0. The van der Waals surface area contributed by atoms with Gasteiger partial charge < -0.3 is 25.2 Å². The molecular formula is C49H92NO10P. The standard InChI is InChI=1S/C49H92NO10P/c1-3-5-7-9-11-13-15-17-19-20-21-22-23-24-25-27-28-30-32-34-36-38-40-47(51)57-42-45(43-58-61(55,56)59-44-46(50)49(53)54)60-48(52)41-39-37-35-33-31-29-26-18-16-14-12-10-8-6-4-2/h14,16,18,26,45-46H,3-13,15,17,19-25,27-44,50H2,1-2H3,(H,53,54)(H,55,56)/b16-14+,26-18+/t45-,46+/m0/s1. The molecule has 0 rings (SSSR count). The predicted octanol–water partition coefficient (Wildman–Crippen LogP) is 13.8. The van der Waals surface area contributed by atoms with Gasteiger partial charge in [-0.1, -0.05) is 212 Å². The quantitative estimate of drug-likeness (QED) is 0.0230. The minimum atomic E-state index is -4.72. The minimum Gasteiger partial charge on any atom is -0.480 e. The Morgan fingerprint density at radius 3 is 1.26 bits per heavy atom. The number of esters is 2. The highest BCUT2D eigenvalue weighted by Gasteiger charge is 2.28. The van der Waals surface area contributed by atoms with Crippen molar-refractivity contribution in [3.8, 4) is 0 Å². The third kappa shape index (κ3) is 44.4. The lowest BCUT2D eigenvalue weighted by molar-refractivity contribution is -0.161. The summed E-state index contributed by atoms with van der Waals surface area (Å²) in [4.78, 5) is 46.1. The highest BCUT2D eigenvalue weighted by molar-refractivity contribution is 7.47. The number of aliphatic carboxylic acids is 1. The van der Waals surface area contributed by atoms with Gasteiger partial charge in [-0.3, -0.25) is 23.4 Å². The van der Waals surface area contributed by atoms with Gasteiger partial charge in [0.25, 0.3) is 0 Å². The monoisotopic (exact) mass is 886 g/mol. The Kier molecular flexibility index (Phi) is 43.1. The Bertz CT molecular complexity index is 1130. The van der Waals surface area contributed by atoms with Crippen molar-refractivity contribution in [2.75, 3.05) is 19.8 Å². The maximum Gasteiger partial charge on any atom is 0.472 e. The molecule has 1 unspecified atom stereocenters. The molecule has 0 aromatic rings. The van der Waals surface area contributed by atoms with E-state index in [2.05, 4.69) is 42.7 Å². The van der Waals surface area contributed by atoms with Crippen LogP contribution in [0.5, 0.6) is 0 Å². The molecule has 0 heterocycles. The molecule has 0 fully saturated rings. The largest absolute Gasteiger partial charge is 0.480 e. The van der Waals surface area contributed by atoms with Gasteiger partial charge in [-0.05, 0) is 38.5 Å². The van der Waals surface area contributed by atoms with Crippen LogP contribution in [0.15, 0.2) is 24.3 Å². The molecule has 0 saturated carbocycles. The number of nitrogens with two attached hydrogens (primary N) is 1. The summed E-state index contributed by atoms with van der Waals surface area (Å²) in [7, 11) is -4.72. The van der Waals surface area contributed by atoms with Gasteiger partial charge in [-0.25, -0.2) is 4.57 Å². The average molecular weight is 886 g/mol. The predicted molar refractivity (Wildman–Crippen MR) is 249 cm³/mol. The average Bonchev–Trinajstić information content (AvgIpc) is 3.24. The van der Waals surface area contributed by atoms with E-state index in [1.807, 2.05) is 0 Å². The first-order valence-electron chi connectivity index (χ1n) is 24.9. The number of carbonyl (C=O) groups is 3. The number of ether oxygens (including phenoxy) is 2. The minimum absolute atomic E-state index is 0.146. The summed E-state index contributed by atoms with van der Waals surface area (Å²) >= 11 is 0. The topological polar surface area (TPSA) is 172 Å². The molecule has 358 valence electrons. The zero-order chi connectivity index (χ0) is 44.9. The summed E-state index contributed by atoms with van der Waals surface area (Å²) in [5.74, 6) is -2.38. The number of phosphoric acid groups is 1. The van der Waals surface area contributed by atoms with Crippen LogP contribution in [0.3, 0.4) is 0 Å². The van der Waals surface area contributed by atoms with Gasteiger partial charge in [0.1, 0.15) is 12.6 Å². The number of rotatable bonds is 47. The summed E-state index contributed by atoms with van der Waals surface area (Å²) in [5.41, 5.74) is 5.34. The molecule has 0 aromatic heterocycles. The van der Waals surface area contributed by atoms with E-state index in [0.717, 1.165) is 57.8 Å². The van der Waals surface area contributed by atoms with Crippen molar-refractivity contribution in [2.24, 2.45) is 5.73 Å². The van der Waals surface area contributed by atoms with Crippen LogP contribution in [-0.2, 0) is 37.5 Å². The van der Waals surface area contributed by atoms with Gasteiger partial charge in [-0.2, -0.15) is 0 Å². The van der Waals surface area contributed by atoms with Crippen molar-refractivity contribution < 1.29 is 47.5 Å². The van der Waals surface area contributed by atoms with Crippen molar-refractivity contribution >= 4 is 25.7 Å². The van der Waals surface area contributed by atoms with Gasteiger partial charge in [0.2, 0.25) is 0 Å². The third-order valence-corrected chi connectivity index (χ3v) is 11.9. The first kappa shape index (κ1) is 59.0. The molecule has 0 aromatic carbocycles. The number of hydrogen-bond donors (Lipinski definition) is 3. The van der Waals surface area contributed by atoms with Crippen molar-refractivity contribution in [3.63, 3.8) is 0 Å². The number of carboxylic acid groups (broad SMARTS) is 1. The summed E-state index contributed by atoms with van der Waals surface area (Å²) in [6.45, 7) is 2.81. The number of hydrogen-bond acceptors (Lipinski definition) is 9. The Balaban J connectivity index is 4.21. The van der Waals surface area contributed by atoms with Crippen LogP contribution in [0, 0.1) is 0 Å². The van der Waals surface area contributed by atoms with Crippen LogP contribution in [0.1, 0.15) is 239 Å². The first-order valence-corrected chi connectivity index (χ1v) is 26.4. The first-order chi connectivity index (χ1) is 29.6. The molecule has 12 heteroatoms. The van der Waals surface area contributed by atoms with Crippen molar-refractivity contribution in [3.05, 3.63) is 24.3 Å². The fourth-order valence-electron chi connectivity index (χ4n) is 7.06. The van der Waals surface area contributed by atoms with E-state index in [1.165, 1.54) is 141 Å². The molecule has 0 amide bonds. The maximum atomic E-state index is 12.6. The van der Waals surface area contributed by atoms with Crippen LogP contribution in [-0.4, -0.2) is 59.9 Å².